The molecule has 1 aliphatic heterocycles. The highest BCUT2D eigenvalue weighted by Crippen LogP contribution is 2.27. The third-order valence-corrected chi connectivity index (χ3v) is 7.33. The SMILES string of the molecule is CC(C)(C)NC(=O)c1ccccc1OC[C@H](O)[C@H](Cc1ccccc1)NC(=O)[C@H](CC(N)=O)NC(=O)C1C=Cc2ccccc2N1O. The smallest absolute Gasteiger partial charge is 0.255 e. The number of carbonyl (C=O) groups is 4. The van der Waals surface area contributed by atoms with Gasteiger partial charge >= 0.3 is 0 Å². The van der Waals surface area contributed by atoms with Crippen molar-refractivity contribution in [2.75, 3.05) is 11.7 Å². The average Bonchev–Trinajstić information content (AvgIpc) is 3.02. The predicted octanol–water partition coefficient (Wildman–Crippen LogP) is 2.33. The number of amides is 4. The van der Waals surface area contributed by atoms with E-state index in [0.29, 0.717) is 11.3 Å². The summed E-state index contributed by atoms with van der Waals surface area (Å²) in [4.78, 5) is 51.7. The summed E-state index contributed by atoms with van der Waals surface area (Å²) in [5.41, 5.74) is 7.11. The number of primary amides is 1. The number of aliphatic hydroxyl groups excluding tert-OH is 1. The molecular weight excluding hydrogens is 602 g/mol. The van der Waals surface area contributed by atoms with E-state index in [2.05, 4.69) is 16.0 Å². The lowest BCUT2D eigenvalue weighted by Gasteiger charge is -2.31. The van der Waals surface area contributed by atoms with E-state index in [1.54, 1.807) is 54.6 Å². The first-order chi connectivity index (χ1) is 22.3. The van der Waals surface area contributed by atoms with Crippen LogP contribution in [0.4, 0.5) is 5.69 Å². The molecule has 0 fully saturated rings. The zero-order chi connectivity index (χ0) is 34.1. The summed E-state index contributed by atoms with van der Waals surface area (Å²) in [6.07, 6.45) is 1.50. The van der Waals surface area contributed by atoms with Gasteiger partial charge in [0.25, 0.3) is 5.91 Å². The molecule has 0 aliphatic carbocycles. The fourth-order valence-electron chi connectivity index (χ4n) is 5.04. The lowest BCUT2D eigenvalue weighted by Crippen LogP contribution is -2.57. The predicted molar refractivity (Wildman–Crippen MR) is 177 cm³/mol. The van der Waals surface area contributed by atoms with Crippen molar-refractivity contribution in [2.45, 2.75) is 63.4 Å². The first-order valence-corrected chi connectivity index (χ1v) is 15.2. The molecule has 0 radical (unpaired) electrons. The minimum Gasteiger partial charge on any atom is -0.490 e. The Bertz CT molecular complexity index is 1610. The van der Waals surface area contributed by atoms with Crippen LogP contribution in [0.15, 0.2) is 84.9 Å². The minimum absolute atomic E-state index is 0.174. The van der Waals surface area contributed by atoms with Gasteiger partial charge in [-0.3, -0.25) is 24.4 Å². The molecule has 12 nitrogen and oxygen atoms in total. The Morgan fingerprint density at radius 1 is 0.936 bits per heavy atom. The van der Waals surface area contributed by atoms with Gasteiger partial charge in [-0.25, -0.2) is 5.06 Å². The number of fused-ring (bicyclic) bond motifs is 1. The number of nitrogens with zero attached hydrogens (tertiary/aromatic N) is 1. The second-order valence-corrected chi connectivity index (χ2v) is 12.3. The van der Waals surface area contributed by atoms with Gasteiger partial charge in [0.1, 0.15) is 24.5 Å². The molecule has 0 saturated carbocycles. The largest absolute Gasteiger partial charge is 0.490 e. The third-order valence-electron chi connectivity index (χ3n) is 7.33. The number of ether oxygens (including phenoxy) is 1. The van der Waals surface area contributed by atoms with Gasteiger partial charge in [0.15, 0.2) is 6.04 Å². The molecular formula is C35H41N5O7. The molecule has 3 aromatic rings. The van der Waals surface area contributed by atoms with Crippen LogP contribution in [0.3, 0.4) is 0 Å². The number of hydrogen-bond donors (Lipinski definition) is 6. The quantitative estimate of drug-likeness (QED) is 0.164. The van der Waals surface area contributed by atoms with Gasteiger partial charge in [-0.05, 0) is 62.6 Å². The molecule has 0 spiro atoms. The molecule has 7 N–H and O–H groups in total. The Kier molecular flexibility index (Phi) is 11.4. The lowest BCUT2D eigenvalue weighted by molar-refractivity contribution is -0.132. The van der Waals surface area contributed by atoms with Crippen LogP contribution >= 0.6 is 0 Å². The maximum atomic E-state index is 13.6. The zero-order valence-electron chi connectivity index (χ0n) is 26.6. The second-order valence-electron chi connectivity index (χ2n) is 12.3. The number of anilines is 1. The number of nitrogens with two attached hydrogens (primary N) is 1. The zero-order valence-corrected chi connectivity index (χ0v) is 26.6. The lowest BCUT2D eigenvalue weighted by atomic mass is 10.0. The molecule has 4 amide bonds. The van der Waals surface area contributed by atoms with Gasteiger partial charge in [0.05, 0.1) is 23.7 Å². The normalized spacial score (nSPS) is 15.9. The van der Waals surface area contributed by atoms with Crippen molar-refractivity contribution in [3.8, 4) is 5.75 Å². The molecule has 1 aliphatic rings. The Labute approximate surface area is 273 Å². The number of carbonyl (C=O) groups excluding carboxylic acids is 4. The summed E-state index contributed by atoms with van der Waals surface area (Å²) in [6, 6.07) is 19.1. The molecule has 0 saturated heterocycles. The van der Waals surface area contributed by atoms with Crippen LogP contribution in [-0.4, -0.2) is 70.3 Å². The summed E-state index contributed by atoms with van der Waals surface area (Å²) in [5, 5.41) is 31.0. The van der Waals surface area contributed by atoms with E-state index in [0.717, 1.165) is 10.6 Å². The number of hydrogen-bond acceptors (Lipinski definition) is 8. The molecule has 47 heavy (non-hydrogen) atoms. The highest BCUT2D eigenvalue weighted by molar-refractivity contribution is 5.97. The maximum Gasteiger partial charge on any atom is 0.255 e. The number of hydroxylamine groups is 1. The van der Waals surface area contributed by atoms with Crippen LogP contribution in [0.2, 0.25) is 0 Å². The fourth-order valence-corrected chi connectivity index (χ4v) is 5.04. The fraction of sp³-hybridized carbons (Fsp3) is 0.314. The summed E-state index contributed by atoms with van der Waals surface area (Å²) in [7, 11) is 0. The number of rotatable bonds is 13. The van der Waals surface area contributed by atoms with E-state index in [-0.39, 0.29) is 30.2 Å². The van der Waals surface area contributed by atoms with Crippen LogP contribution in [0, 0.1) is 0 Å². The van der Waals surface area contributed by atoms with Crippen LogP contribution in [0.5, 0.6) is 5.75 Å². The van der Waals surface area contributed by atoms with Crippen molar-refractivity contribution < 1.29 is 34.2 Å². The molecule has 3 aromatic carbocycles. The molecule has 0 bridgehead atoms. The van der Waals surface area contributed by atoms with Crippen molar-refractivity contribution >= 4 is 35.4 Å². The third kappa shape index (κ3) is 9.65. The van der Waals surface area contributed by atoms with Crippen LogP contribution < -0.4 is 31.5 Å². The molecule has 1 unspecified atom stereocenters. The Morgan fingerprint density at radius 3 is 2.30 bits per heavy atom. The summed E-state index contributed by atoms with van der Waals surface area (Å²) in [6.45, 7) is 5.27. The number of para-hydroxylation sites is 2. The van der Waals surface area contributed by atoms with Gasteiger partial charge in [0.2, 0.25) is 17.7 Å². The Morgan fingerprint density at radius 2 is 1.60 bits per heavy atom. The minimum atomic E-state index is -1.41. The van der Waals surface area contributed by atoms with Crippen molar-refractivity contribution in [1.29, 1.82) is 0 Å². The molecule has 4 rings (SSSR count). The van der Waals surface area contributed by atoms with E-state index in [9.17, 15) is 29.5 Å². The first kappa shape index (κ1) is 34.7. The van der Waals surface area contributed by atoms with E-state index in [1.165, 1.54) is 6.08 Å². The summed E-state index contributed by atoms with van der Waals surface area (Å²) in [5.74, 6) is -2.46. The number of benzene rings is 3. The van der Waals surface area contributed by atoms with Crippen LogP contribution in [0.1, 0.15) is 48.7 Å². The van der Waals surface area contributed by atoms with Gasteiger partial charge in [-0.2, -0.15) is 0 Å². The first-order valence-electron chi connectivity index (χ1n) is 15.2. The van der Waals surface area contributed by atoms with Crippen molar-refractivity contribution in [3.63, 3.8) is 0 Å². The van der Waals surface area contributed by atoms with Gasteiger partial charge in [0, 0.05) is 5.54 Å². The second kappa shape index (κ2) is 15.4. The molecule has 248 valence electrons. The van der Waals surface area contributed by atoms with E-state index in [4.69, 9.17) is 10.5 Å². The van der Waals surface area contributed by atoms with E-state index in [1.807, 2.05) is 51.1 Å². The highest BCUT2D eigenvalue weighted by atomic mass is 16.5. The molecule has 12 heteroatoms. The van der Waals surface area contributed by atoms with Gasteiger partial charge in [-0.1, -0.05) is 66.7 Å². The van der Waals surface area contributed by atoms with Gasteiger partial charge in [-0.15, -0.1) is 0 Å². The summed E-state index contributed by atoms with van der Waals surface area (Å²) < 4.78 is 5.90. The van der Waals surface area contributed by atoms with E-state index >= 15 is 0 Å². The standard InChI is InChI=1S/C35H41N5O7/c1-35(2,3)39-32(43)24-14-8-10-16-30(24)47-21-29(41)25(19-22-11-5-4-6-12-22)37-33(44)26(20-31(36)42)38-34(45)28-18-17-23-13-7-9-15-27(23)40(28)46/h4-18,25-26,28-29,41,46H,19-21H2,1-3H3,(H2,36,42)(H,37,44)(H,38,45)(H,39,43)/t25-,26-,28?,29-/m0/s1. The summed E-state index contributed by atoms with van der Waals surface area (Å²) >= 11 is 0. The van der Waals surface area contributed by atoms with Crippen molar-refractivity contribution in [2.24, 2.45) is 5.73 Å². The monoisotopic (exact) mass is 643 g/mol. The van der Waals surface area contributed by atoms with Crippen LogP contribution in [0.25, 0.3) is 6.08 Å². The topological polar surface area (TPSA) is 183 Å². The number of aliphatic hydroxyl groups is 1. The van der Waals surface area contributed by atoms with Crippen molar-refractivity contribution in [3.05, 3.63) is 102 Å². The Hall–Kier alpha value is -5.20. The maximum absolute atomic E-state index is 13.6. The molecule has 4 atom stereocenters. The Balaban J connectivity index is 1.50. The molecule has 1 heterocycles. The van der Waals surface area contributed by atoms with Gasteiger partial charge < -0.3 is 31.5 Å². The molecule has 0 aromatic heterocycles. The number of nitrogens with one attached hydrogen (secondary N) is 3. The average molecular weight is 644 g/mol. The van der Waals surface area contributed by atoms with Crippen LogP contribution in [-0.2, 0) is 20.8 Å². The highest BCUT2D eigenvalue weighted by Gasteiger charge is 2.33. The van der Waals surface area contributed by atoms with Crippen molar-refractivity contribution in [1.82, 2.24) is 16.0 Å². The van der Waals surface area contributed by atoms with E-state index < -0.39 is 53.9 Å².